The fraction of sp³-hybridized carbons (Fsp3) is 0.632. The molecule has 1 aromatic rings. The van der Waals surface area contributed by atoms with Gasteiger partial charge in [0.1, 0.15) is 5.82 Å². The maximum absolute atomic E-state index is 14.0. The highest BCUT2D eigenvalue weighted by atomic mass is 127. The van der Waals surface area contributed by atoms with Crippen LogP contribution in [-0.4, -0.2) is 75.2 Å². The third-order valence-electron chi connectivity index (χ3n) is 4.54. The van der Waals surface area contributed by atoms with E-state index in [1.165, 1.54) is 6.07 Å². The molecule has 0 unspecified atom stereocenters. The van der Waals surface area contributed by atoms with Gasteiger partial charge in [-0.15, -0.1) is 24.0 Å². The first-order valence-corrected chi connectivity index (χ1v) is 11.9. The van der Waals surface area contributed by atoms with Gasteiger partial charge in [-0.1, -0.05) is 17.7 Å². The first-order valence-electron chi connectivity index (χ1n) is 9.68. The number of rotatable bonds is 7. The lowest BCUT2D eigenvalue weighted by Gasteiger charge is -2.37. The summed E-state index contributed by atoms with van der Waals surface area (Å²) < 4.78 is 39.7. The highest BCUT2D eigenvalue weighted by molar-refractivity contribution is 14.0. The van der Waals surface area contributed by atoms with Gasteiger partial charge in [0.2, 0.25) is 10.0 Å². The summed E-state index contributed by atoms with van der Waals surface area (Å²) in [4.78, 5) is 8.94. The quantitative estimate of drug-likeness (QED) is 0.297. The average Bonchev–Trinajstić information content (AvgIpc) is 2.60. The molecule has 7 nitrogen and oxygen atoms in total. The molecule has 0 bridgehead atoms. The van der Waals surface area contributed by atoms with Gasteiger partial charge in [0.25, 0.3) is 0 Å². The Morgan fingerprint density at radius 1 is 1.27 bits per heavy atom. The van der Waals surface area contributed by atoms with Crippen LogP contribution >= 0.6 is 35.6 Å². The van der Waals surface area contributed by atoms with Crippen molar-refractivity contribution in [2.24, 2.45) is 4.99 Å². The molecule has 0 spiro atoms. The first kappa shape index (κ1) is 27.3. The number of nitrogens with zero attached hydrogens (tertiary/aromatic N) is 3. The van der Waals surface area contributed by atoms with Gasteiger partial charge >= 0.3 is 0 Å². The van der Waals surface area contributed by atoms with Crippen LogP contribution in [0.5, 0.6) is 0 Å². The molecule has 172 valence electrons. The number of hydrogen-bond acceptors (Lipinski definition) is 4. The molecule has 1 aliphatic heterocycles. The summed E-state index contributed by atoms with van der Waals surface area (Å²) in [5.74, 6) is 0.467. The summed E-state index contributed by atoms with van der Waals surface area (Å²) in [6.07, 6.45) is 1.14. The molecule has 1 aliphatic rings. The van der Waals surface area contributed by atoms with Crippen molar-refractivity contribution in [1.29, 1.82) is 0 Å². The molecule has 2 N–H and O–H groups in total. The summed E-state index contributed by atoms with van der Waals surface area (Å²) in [6.45, 7) is 10.1. The van der Waals surface area contributed by atoms with Crippen molar-refractivity contribution < 1.29 is 12.8 Å². The number of sulfonamides is 1. The normalized spacial score (nSPS) is 16.3. The van der Waals surface area contributed by atoms with E-state index in [2.05, 4.69) is 24.8 Å². The van der Waals surface area contributed by atoms with Crippen LogP contribution in [0.2, 0.25) is 5.02 Å². The molecule has 0 radical (unpaired) electrons. The molecule has 0 saturated carbocycles. The van der Waals surface area contributed by atoms with E-state index in [0.717, 1.165) is 38.4 Å². The van der Waals surface area contributed by atoms with E-state index < -0.39 is 15.6 Å². The zero-order chi connectivity index (χ0) is 21.7. The smallest absolute Gasteiger partial charge is 0.209 e. The van der Waals surface area contributed by atoms with Crippen molar-refractivity contribution in [3.63, 3.8) is 0 Å². The third kappa shape index (κ3) is 8.81. The van der Waals surface area contributed by atoms with Crippen LogP contribution in [0.25, 0.3) is 0 Å². The lowest BCUT2D eigenvalue weighted by Crippen LogP contribution is -2.53. The number of hydrogen-bond donors (Lipinski definition) is 2. The summed E-state index contributed by atoms with van der Waals surface area (Å²) in [6, 6.07) is 4.75. The number of benzene rings is 1. The van der Waals surface area contributed by atoms with E-state index in [4.69, 9.17) is 11.6 Å². The third-order valence-corrected chi connectivity index (χ3v) is 5.81. The fourth-order valence-electron chi connectivity index (χ4n) is 3.26. The van der Waals surface area contributed by atoms with Gasteiger partial charge < -0.3 is 10.2 Å². The van der Waals surface area contributed by atoms with E-state index in [9.17, 15) is 12.8 Å². The minimum atomic E-state index is -3.31. The minimum Gasteiger partial charge on any atom is -0.357 e. The number of aliphatic imine (C=N–C) groups is 1. The van der Waals surface area contributed by atoms with Gasteiger partial charge in [-0.25, -0.2) is 17.5 Å². The summed E-state index contributed by atoms with van der Waals surface area (Å²) in [5.41, 5.74) is -0.158. The Morgan fingerprint density at radius 3 is 2.43 bits per heavy atom. The van der Waals surface area contributed by atoms with E-state index in [1.54, 1.807) is 26.0 Å². The minimum absolute atomic E-state index is 0. The molecule has 1 heterocycles. The largest absolute Gasteiger partial charge is 0.357 e. The van der Waals surface area contributed by atoms with Gasteiger partial charge in [-0.3, -0.25) is 9.89 Å². The molecule has 0 atom stereocenters. The SMILES string of the molecule is CCNC(=NCC(C)(C)NS(C)(=O)=O)N1CCN(Cc2c(F)cccc2Cl)CC1.I. The highest BCUT2D eigenvalue weighted by Crippen LogP contribution is 2.21. The second kappa shape index (κ2) is 11.8. The van der Waals surface area contributed by atoms with Crippen molar-refractivity contribution >= 4 is 51.6 Å². The zero-order valence-electron chi connectivity index (χ0n) is 17.9. The van der Waals surface area contributed by atoms with Crippen LogP contribution in [0.1, 0.15) is 26.3 Å². The molecule has 0 aromatic heterocycles. The molecule has 30 heavy (non-hydrogen) atoms. The van der Waals surface area contributed by atoms with Crippen LogP contribution in [-0.2, 0) is 16.6 Å². The second-order valence-corrected chi connectivity index (χ2v) is 10.0. The van der Waals surface area contributed by atoms with Crippen LogP contribution in [0.4, 0.5) is 4.39 Å². The molecule has 1 aromatic carbocycles. The average molecular weight is 576 g/mol. The topological polar surface area (TPSA) is 77.0 Å². The van der Waals surface area contributed by atoms with E-state index in [0.29, 0.717) is 30.2 Å². The maximum atomic E-state index is 14.0. The lowest BCUT2D eigenvalue weighted by atomic mass is 10.1. The fourth-order valence-corrected chi connectivity index (χ4v) is 4.55. The Kier molecular flexibility index (Phi) is 10.8. The van der Waals surface area contributed by atoms with E-state index >= 15 is 0 Å². The zero-order valence-corrected chi connectivity index (χ0v) is 21.8. The number of nitrogens with one attached hydrogen (secondary N) is 2. The van der Waals surface area contributed by atoms with Crippen LogP contribution in [0.15, 0.2) is 23.2 Å². The van der Waals surface area contributed by atoms with E-state index in [1.807, 2.05) is 6.92 Å². The highest BCUT2D eigenvalue weighted by Gasteiger charge is 2.24. The van der Waals surface area contributed by atoms with Gasteiger partial charge in [-0.2, -0.15) is 0 Å². The summed E-state index contributed by atoms with van der Waals surface area (Å²) >= 11 is 6.14. The second-order valence-electron chi connectivity index (χ2n) is 7.89. The summed E-state index contributed by atoms with van der Waals surface area (Å²) in [7, 11) is -3.31. The Morgan fingerprint density at radius 2 is 1.90 bits per heavy atom. The lowest BCUT2D eigenvalue weighted by molar-refractivity contribution is 0.171. The first-order chi connectivity index (χ1) is 13.5. The number of piperazine rings is 1. The Balaban J connectivity index is 0.00000450. The number of halogens is 3. The van der Waals surface area contributed by atoms with Crippen molar-refractivity contribution in [3.05, 3.63) is 34.6 Å². The summed E-state index contributed by atoms with van der Waals surface area (Å²) in [5, 5.41) is 3.72. The van der Waals surface area contributed by atoms with Crippen LogP contribution in [0.3, 0.4) is 0 Å². The molecule has 0 amide bonds. The Bertz CT molecular complexity index is 810. The van der Waals surface area contributed by atoms with E-state index in [-0.39, 0.29) is 29.8 Å². The van der Waals surface area contributed by atoms with Crippen molar-refractivity contribution in [3.8, 4) is 0 Å². The monoisotopic (exact) mass is 575 g/mol. The molecule has 1 fully saturated rings. The molecule has 2 rings (SSSR count). The number of guanidine groups is 1. The predicted octanol–water partition coefficient (Wildman–Crippen LogP) is 2.51. The molecular formula is C19H32ClFIN5O2S. The van der Waals surface area contributed by atoms with Crippen LogP contribution < -0.4 is 10.0 Å². The van der Waals surface area contributed by atoms with Gasteiger partial charge in [0, 0.05) is 55.4 Å². The standard InChI is InChI=1S/C19H31ClFN5O2S.HI/c1-5-22-18(23-14-19(2,3)24-29(4,27)28)26-11-9-25(10-12-26)13-15-16(20)7-6-8-17(15)21;/h6-8,24H,5,9-14H2,1-4H3,(H,22,23);1H. The predicted molar refractivity (Wildman–Crippen MR) is 132 cm³/mol. The van der Waals surface area contributed by atoms with Gasteiger partial charge in [-0.05, 0) is 32.9 Å². The van der Waals surface area contributed by atoms with Crippen molar-refractivity contribution in [2.45, 2.75) is 32.9 Å². The van der Waals surface area contributed by atoms with Gasteiger partial charge in [0.15, 0.2) is 5.96 Å². The van der Waals surface area contributed by atoms with Gasteiger partial charge in [0.05, 0.1) is 12.8 Å². The molecular weight excluding hydrogens is 544 g/mol. The Hall–Kier alpha value is -0.690. The van der Waals surface area contributed by atoms with Crippen molar-refractivity contribution in [1.82, 2.24) is 19.8 Å². The van der Waals surface area contributed by atoms with Crippen LogP contribution in [0, 0.1) is 5.82 Å². The maximum Gasteiger partial charge on any atom is 0.209 e. The Labute approximate surface area is 201 Å². The van der Waals surface area contributed by atoms with Crippen molar-refractivity contribution in [2.75, 3.05) is 45.5 Å². The molecule has 11 heteroatoms. The molecule has 1 saturated heterocycles. The molecule has 0 aliphatic carbocycles.